The predicted octanol–water partition coefficient (Wildman–Crippen LogP) is 2.79. The Balaban J connectivity index is 1.92. The van der Waals surface area contributed by atoms with Crippen LogP contribution in [0.25, 0.3) is 0 Å². The van der Waals surface area contributed by atoms with E-state index in [9.17, 15) is 4.79 Å². The highest BCUT2D eigenvalue weighted by molar-refractivity contribution is 7.09. The molecule has 0 fully saturated rings. The Kier molecular flexibility index (Phi) is 6.10. The van der Waals surface area contributed by atoms with Crippen molar-refractivity contribution in [1.82, 2.24) is 14.7 Å². The number of rotatable bonds is 7. The smallest absolute Gasteiger partial charge is 0.239 e. The first-order valence-electron chi connectivity index (χ1n) is 7.86. The van der Waals surface area contributed by atoms with Crippen molar-refractivity contribution in [2.45, 2.75) is 39.7 Å². The number of aromatic nitrogens is 2. The van der Waals surface area contributed by atoms with Crippen molar-refractivity contribution in [3.63, 3.8) is 0 Å². The van der Waals surface area contributed by atoms with E-state index in [1.165, 1.54) is 22.7 Å². The number of hydrogen-bond donors (Lipinski definition) is 1. The summed E-state index contributed by atoms with van der Waals surface area (Å²) in [6, 6.07) is 8.57. The highest BCUT2D eigenvalue weighted by atomic mass is 32.1. The van der Waals surface area contributed by atoms with Gasteiger partial charge in [0.2, 0.25) is 11.0 Å². The number of nitrogens with one attached hydrogen (secondary N) is 1. The van der Waals surface area contributed by atoms with Gasteiger partial charge in [0.05, 0.1) is 6.54 Å². The minimum Gasteiger partial charge on any atom is -0.352 e. The van der Waals surface area contributed by atoms with Crippen LogP contribution in [0.5, 0.6) is 0 Å². The maximum absolute atomic E-state index is 11.9. The molecule has 0 aliphatic carbocycles. The molecule has 0 saturated carbocycles. The molecule has 0 radical (unpaired) electrons. The Labute approximate surface area is 141 Å². The lowest BCUT2D eigenvalue weighted by Crippen LogP contribution is -2.39. The molecule has 0 aliphatic rings. The molecule has 1 unspecified atom stereocenters. The summed E-state index contributed by atoms with van der Waals surface area (Å²) in [7, 11) is 1.87. The van der Waals surface area contributed by atoms with Gasteiger partial charge in [-0.1, -0.05) is 36.8 Å². The molecule has 23 heavy (non-hydrogen) atoms. The van der Waals surface area contributed by atoms with Crippen molar-refractivity contribution in [3.8, 4) is 0 Å². The third kappa shape index (κ3) is 5.32. The molecule has 0 saturated heterocycles. The van der Waals surface area contributed by atoms with Gasteiger partial charge in [-0.3, -0.25) is 4.79 Å². The van der Waals surface area contributed by atoms with Gasteiger partial charge in [-0.15, -0.1) is 0 Å². The highest BCUT2D eigenvalue weighted by Gasteiger charge is 2.13. The van der Waals surface area contributed by atoms with Gasteiger partial charge >= 0.3 is 0 Å². The largest absolute Gasteiger partial charge is 0.352 e. The number of hydrogen-bond acceptors (Lipinski definition) is 5. The van der Waals surface area contributed by atoms with Crippen molar-refractivity contribution in [2.24, 2.45) is 0 Å². The van der Waals surface area contributed by atoms with Crippen molar-refractivity contribution < 1.29 is 4.79 Å². The zero-order chi connectivity index (χ0) is 16.8. The van der Waals surface area contributed by atoms with Gasteiger partial charge in [0.1, 0.15) is 5.82 Å². The fourth-order valence-electron chi connectivity index (χ4n) is 2.07. The van der Waals surface area contributed by atoms with E-state index >= 15 is 0 Å². The van der Waals surface area contributed by atoms with Gasteiger partial charge in [0.15, 0.2) is 0 Å². The lowest BCUT2D eigenvalue weighted by molar-refractivity contribution is -0.120. The molecule has 1 aromatic heterocycles. The van der Waals surface area contributed by atoms with Crippen LogP contribution in [0.3, 0.4) is 0 Å². The number of aryl methyl sites for hydroxylation is 1. The molecule has 1 atom stereocenters. The Bertz CT molecular complexity index is 638. The number of benzene rings is 1. The summed E-state index contributed by atoms with van der Waals surface area (Å²) >= 11 is 1.33. The Morgan fingerprint density at radius 3 is 2.70 bits per heavy atom. The monoisotopic (exact) mass is 332 g/mol. The van der Waals surface area contributed by atoms with Gasteiger partial charge < -0.3 is 10.2 Å². The van der Waals surface area contributed by atoms with Crippen LogP contribution in [0, 0.1) is 6.92 Å². The molecule has 0 spiro atoms. The number of likely N-dealkylation sites (N-methyl/N-ethyl adjacent to an activating group) is 1. The van der Waals surface area contributed by atoms with Crippen LogP contribution in [-0.4, -0.2) is 34.9 Å². The Morgan fingerprint density at radius 1 is 1.35 bits per heavy atom. The van der Waals surface area contributed by atoms with E-state index in [0.717, 1.165) is 17.4 Å². The molecular formula is C17H24N4OS. The van der Waals surface area contributed by atoms with Crippen molar-refractivity contribution in [1.29, 1.82) is 0 Å². The summed E-state index contributed by atoms with van der Waals surface area (Å²) in [6.45, 7) is 6.42. The molecule has 1 aromatic carbocycles. The minimum absolute atomic E-state index is 0.0112. The van der Waals surface area contributed by atoms with Crippen molar-refractivity contribution in [2.75, 3.05) is 18.5 Å². The maximum Gasteiger partial charge on any atom is 0.239 e. The highest BCUT2D eigenvalue weighted by Crippen LogP contribution is 2.17. The molecular weight excluding hydrogens is 308 g/mol. The van der Waals surface area contributed by atoms with Crippen LogP contribution in [0.15, 0.2) is 24.3 Å². The zero-order valence-corrected chi connectivity index (χ0v) is 15.0. The zero-order valence-electron chi connectivity index (χ0n) is 14.2. The third-order valence-corrected chi connectivity index (χ3v) is 4.54. The molecule has 1 amide bonds. The van der Waals surface area contributed by atoms with Crippen LogP contribution >= 0.6 is 11.5 Å². The molecule has 1 heterocycles. The van der Waals surface area contributed by atoms with E-state index in [2.05, 4.69) is 52.8 Å². The normalized spacial score (nSPS) is 12.0. The molecule has 2 aromatic rings. The Morgan fingerprint density at radius 2 is 2.04 bits per heavy atom. The van der Waals surface area contributed by atoms with E-state index in [-0.39, 0.29) is 11.9 Å². The maximum atomic E-state index is 11.9. The summed E-state index contributed by atoms with van der Waals surface area (Å²) in [5.74, 6) is 0.806. The van der Waals surface area contributed by atoms with E-state index < -0.39 is 0 Å². The number of anilines is 1. The SMILES string of the molecule is CCC(C)NC(=O)CN(C)c1nc(Cc2ccc(C)cc2)ns1. The predicted molar refractivity (Wildman–Crippen MR) is 95.1 cm³/mol. The van der Waals surface area contributed by atoms with E-state index in [0.29, 0.717) is 13.0 Å². The van der Waals surface area contributed by atoms with Crippen molar-refractivity contribution in [3.05, 3.63) is 41.2 Å². The first-order valence-corrected chi connectivity index (χ1v) is 8.64. The van der Waals surface area contributed by atoms with Crippen LogP contribution < -0.4 is 10.2 Å². The lowest BCUT2D eigenvalue weighted by Gasteiger charge is -2.17. The molecule has 6 heteroatoms. The lowest BCUT2D eigenvalue weighted by atomic mass is 10.1. The number of amides is 1. The van der Waals surface area contributed by atoms with E-state index in [1.54, 1.807) is 0 Å². The summed E-state index contributed by atoms with van der Waals surface area (Å²) in [4.78, 5) is 18.3. The molecule has 1 N–H and O–H groups in total. The second kappa shape index (κ2) is 8.06. The minimum atomic E-state index is 0.0112. The first-order chi connectivity index (χ1) is 11.0. The fraction of sp³-hybridized carbons (Fsp3) is 0.471. The first kappa shape index (κ1) is 17.4. The van der Waals surface area contributed by atoms with Gasteiger partial charge in [-0.05, 0) is 25.8 Å². The number of carbonyl (C=O) groups is 1. The topological polar surface area (TPSA) is 58.1 Å². The van der Waals surface area contributed by atoms with Gasteiger partial charge in [0, 0.05) is 31.0 Å². The Hall–Kier alpha value is -1.95. The quantitative estimate of drug-likeness (QED) is 0.847. The van der Waals surface area contributed by atoms with Crippen LogP contribution in [-0.2, 0) is 11.2 Å². The third-order valence-electron chi connectivity index (χ3n) is 3.67. The summed E-state index contributed by atoms with van der Waals surface area (Å²) in [5, 5.41) is 3.73. The van der Waals surface area contributed by atoms with Gasteiger partial charge in [-0.2, -0.15) is 4.37 Å². The van der Waals surface area contributed by atoms with E-state index in [4.69, 9.17) is 0 Å². The second-order valence-corrected chi connectivity index (χ2v) is 6.62. The average molecular weight is 332 g/mol. The number of nitrogens with zero attached hydrogens (tertiary/aromatic N) is 3. The van der Waals surface area contributed by atoms with Gasteiger partial charge in [-0.25, -0.2) is 4.98 Å². The van der Waals surface area contributed by atoms with E-state index in [1.807, 2.05) is 18.9 Å². The summed E-state index contributed by atoms with van der Waals surface area (Å²) in [5.41, 5.74) is 2.44. The van der Waals surface area contributed by atoms with Gasteiger partial charge in [0.25, 0.3) is 0 Å². The van der Waals surface area contributed by atoms with Crippen LogP contribution in [0.1, 0.15) is 37.2 Å². The molecule has 2 rings (SSSR count). The second-order valence-electron chi connectivity index (χ2n) is 5.89. The summed E-state index contributed by atoms with van der Waals surface area (Å²) in [6.07, 6.45) is 1.64. The van der Waals surface area contributed by atoms with Crippen molar-refractivity contribution >= 4 is 22.6 Å². The molecule has 0 aliphatic heterocycles. The average Bonchev–Trinajstić information content (AvgIpc) is 2.98. The molecule has 0 bridgehead atoms. The van der Waals surface area contributed by atoms with Crippen LogP contribution in [0.2, 0.25) is 0 Å². The summed E-state index contributed by atoms with van der Waals surface area (Å²) < 4.78 is 4.40. The number of carbonyl (C=O) groups excluding carboxylic acids is 1. The molecule has 124 valence electrons. The standard InChI is InChI=1S/C17H24N4OS/c1-5-13(3)18-16(22)11-21(4)17-19-15(20-23-17)10-14-8-6-12(2)7-9-14/h6-9,13H,5,10-11H2,1-4H3,(H,18,22). The molecule has 5 nitrogen and oxygen atoms in total. The fourth-order valence-corrected chi connectivity index (χ4v) is 2.71. The van der Waals surface area contributed by atoms with Crippen LogP contribution in [0.4, 0.5) is 5.13 Å².